The van der Waals surface area contributed by atoms with E-state index in [0.717, 1.165) is 47.6 Å². The molecule has 9 atom stereocenters. The summed E-state index contributed by atoms with van der Waals surface area (Å²) in [4.78, 5) is 0. The summed E-state index contributed by atoms with van der Waals surface area (Å²) >= 11 is 0. The van der Waals surface area contributed by atoms with Crippen LogP contribution < -0.4 is 0 Å². The van der Waals surface area contributed by atoms with Gasteiger partial charge in [0, 0.05) is 12.7 Å². The van der Waals surface area contributed by atoms with Gasteiger partial charge in [-0.25, -0.2) is 0 Å². The van der Waals surface area contributed by atoms with Crippen LogP contribution in [0.5, 0.6) is 0 Å². The monoisotopic (exact) mass is 434 g/mol. The Kier molecular flexibility index (Phi) is 6.01. The maximum Gasteiger partial charge on any atom is 0.0646 e. The second kappa shape index (κ2) is 8.52. The smallest absolute Gasteiger partial charge is 0.0646 e. The van der Waals surface area contributed by atoms with Gasteiger partial charge in [0.05, 0.1) is 11.8 Å². The van der Waals surface area contributed by atoms with Crippen molar-refractivity contribution in [2.75, 3.05) is 0 Å². The SMILES string of the molecule is C#Cc1cnn(CC(C)C2CCCC3C4CCC5(C)CC(CC)CCC5C4CCC23C)c1. The summed E-state index contributed by atoms with van der Waals surface area (Å²) < 4.78 is 2.11. The van der Waals surface area contributed by atoms with Crippen LogP contribution in [0.25, 0.3) is 0 Å². The number of hydrogen-bond acceptors (Lipinski definition) is 1. The fourth-order valence-electron chi connectivity index (χ4n) is 9.91. The lowest BCUT2D eigenvalue weighted by molar-refractivity contribution is -0.142. The summed E-state index contributed by atoms with van der Waals surface area (Å²) in [6, 6.07) is 0. The molecule has 1 aromatic heterocycles. The Balaban J connectivity index is 1.33. The first-order chi connectivity index (χ1) is 15.4. The molecule has 2 nitrogen and oxygen atoms in total. The maximum atomic E-state index is 5.58. The summed E-state index contributed by atoms with van der Waals surface area (Å²) in [6.07, 6.45) is 25.7. The summed E-state index contributed by atoms with van der Waals surface area (Å²) in [5, 5.41) is 4.55. The first-order valence-electron chi connectivity index (χ1n) is 13.9. The normalized spacial score (nSPS) is 44.6. The maximum absolute atomic E-state index is 5.58. The van der Waals surface area contributed by atoms with Crippen molar-refractivity contribution >= 4 is 0 Å². The first-order valence-corrected chi connectivity index (χ1v) is 13.9. The highest BCUT2D eigenvalue weighted by molar-refractivity contribution is 5.26. The van der Waals surface area contributed by atoms with Crippen molar-refractivity contribution in [3.63, 3.8) is 0 Å². The van der Waals surface area contributed by atoms with E-state index in [1.165, 1.54) is 70.6 Å². The Morgan fingerprint density at radius 1 is 1.09 bits per heavy atom. The van der Waals surface area contributed by atoms with Gasteiger partial charge < -0.3 is 0 Å². The molecule has 0 spiro atoms. The van der Waals surface area contributed by atoms with Gasteiger partial charge in [0.2, 0.25) is 0 Å². The molecule has 4 fully saturated rings. The molecule has 0 bridgehead atoms. The van der Waals surface area contributed by atoms with E-state index in [2.05, 4.69) is 49.6 Å². The molecule has 9 unspecified atom stereocenters. The molecule has 176 valence electrons. The minimum absolute atomic E-state index is 0.523. The van der Waals surface area contributed by atoms with Crippen molar-refractivity contribution in [2.24, 2.45) is 52.3 Å². The van der Waals surface area contributed by atoms with Crippen LogP contribution in [0.15, 0.2) is 12.4 Å². The average Bonchev–Trinajstić information content (AvgIpc) is 3.24. The molecule has 0 aliphatic heterocycles. The number of nitrogens with zero attached hydrogens (tertiary/aromatic N) is 2. The van der Waals surface area contributed by atoms with Crippen molar-refractivity contribution < 1.29 is 0 Å². The van der Waals surface area contributed by atoms with Crippen molar-refractivity contribution in [2.45, 2.75) is 105 Å². The number of aromatic nitrogens is 2. The molecule has 4 aliphatic rings. The minimum Gasteiger partial charge on any atom is -0.271 e. The number of fused-ring (bicyclic) bond motifs is 5. The topological polar surface area (TPSA) is 17.8 Å². The van der Waals surface area contributed by atoms with E-state index in [0.29, 0.717) is 16.7 Å². The Morgan fingerprint density at radius 2 is 1.88 bits per heavy atom. The van der Waals surface area contributed by atoms with Crippen LogP contribution in [-0.4, -0.2) is 9.78 Å². The van der Waals surface area contributed by atoms with Crippen LogP contribution in [0, 0.1) is 64.6 Å². The van der Waals surface area contributed by atoms with Crippen LogP contribution in [0.3, 0.4) is 0 Å². The predicted molar refractivity (Wildman–Crippen MR) is 133 cm³/mol. The Labute approximate surface area is 197 Å². The molecule has 1 heterocycles. The van der Waals surface area contributed by atoms with Crippen LogP contribution in [0.4, 0.5) is 0 Å². The Morgan fingerprint density at radius 3 is 2.62 bits per heavy atom. The summed E-state index contributed by atoms with van der Waals surface area (Å²) in [6.45, 7) is 11.3. The van der Waals surface area contributed by atoms with Gasteiger partial charge in [-0.3, -0.25) is 4.68 Å². The highest BCUT2D eigenvalue weighted by Gasteiger charge is 2.58. The zero-order valence-corrected chi connectivity index (χ0v) is 21.2. The fourth-order valence-corrected chi connectivity index (χ4v) is 9.91. The van der Waals surface area contributed by atoms with Crippen molar-refractivity contribution in [3.8, 4) is 12.3 Å². The molecule has 4 saturated carbocycles. The second-order valence-corrected chi connectivity index (χ2v) is 12.9. The van der Waals surface area contributed by atoms with Gasteiger partial charge in [-0.05, 0) is 104 Å². The van der Waals surface area contributed by atoms with Crippen LogP contribution in [0.1, 0.15) is 104 Å². The van der Waals surface area contributed by atoms with Gasteiger partial charge in [0.25, 0.3) is 0 Å². The van der Waals surface area contributed by atoms with E-state index < -0.39 is 0 Å². The lowest BCUT2D eigenvalue weighted by Crippen LogP contribution is -2.55. The molecule has 1 aromatic rings. The van der Waals surface area contributed by atoms with Gasteiger partial charge in [-0.1, -0.05) is 52.9 Å². The lowest BCUT2D eigenvalue weighted by Gasteiger charge is -2.63. The third kappa shape index (κ3) is 3.67. The zero-order chi connectivity index (χ0) is 22.5. The summed E-state index contributed by atoms with van der Waals surface area (Å²) in [5.41, 5.74) is 2.08. The molecule has 0 aromatic carbocycles. The van der Waals surface area contributed by atoms with E-state index in [1.807, 2.05) is 6.20 Å². The molecule has 0 radical (unpaired) electrons. The molecular weight excluding hydrogens is 388 g/mol. The molecule has 32 heavy (non-hydrogen) atoms. The molecule has 5 rings (SSSR count). The molecule has 0 N–H and O–H groups in total. The Bertz CT molecular complexity index is 847. The number of rotatable bonds is 4. The van der Waals surface area contributed by atoms with Gasteiger partial charge in [0.1, 0.15) is 0 Å². The number of terminal acetylenes is 1. The third-order valence-electron chi connectivity index (χ3n) is 11.4. The molecule has 4 aliphatic carbocycles. The number of hydrogen-bond donors (Lipinski definition) is 0. The molecule has 2 heteroatoms. The summed E-state index contributed by atoms with van der Waals surface area (Å²) in [5.74, 6) is 9.20. The van der Waals surface area contributed by atoms with Crippen LogP contribution >= 0.6 is 0 Å². The van der Waals surface area contributed by atoms with E-state index >= 15 is 0 Å². The standard InChI is InChI=1S/C30H46N2/c1-6-22-11-12-27-24-14-16-30(5)26(21(3)19-32-20-23(7-2)18-31-32)9-8-10-28(30)25(24)13-15-29(27,4)17-22/h2,18,20-22,24-28H,6,8-17,19H2,1,3-5H3. The quantitative estimate of drug-likeness (QED) is 0.447. The predicted octanol–water partition coefficient (Wildman–Crippen LogP) is 7.58. The van der Waals surface area contributed by atoms with Crippen LogP contribution in [0.2, 0.25) is 0 Å². The highest BCUT2D eigenvalue weighted by atomic mass is 15.3. The average molecular weight is 435 g/mol. The molecular formula is C30H46N2. The summed E-state index contributed by atoms with van der Waals surface area (Å²) in [7, 11) is 0. The van der Waals surface area contributed by atoms with Crippen molar-refractivity contribution in [1.29, 1.82) is 0 Å². The van der Waals surface area contributed by atoms with Gasteiger partial charge in [0.15, 0.2) is 0 Å². The lowest BCUT2D eigenvalue weighted by atomic mass is 9.42. The highest BCUT2D eigenvalue weighted by Crippen LogP contribution is 2.66. The first kappa shape index (κ1) is 22.6. The minimum atomic E-state index is 0.523. The van der Waals surface area contributed by atoms with Crippen molar-refractivity contribution in [1.82, 2.24) is 9.78 Å². The fraction of sp³-hybridized carbons (Fsp3) is 0.833. The van der Waals surface area contributed by atoms with Gasteiger partial charge in [-0.2, -0.15) is 5.10 Å². The Hall–Kier alpha value is -1.23. The third-order valence-corrected chi connectivity index (χ3v) is 11.4. The molecule has 0 amide bonds. The van der Waals surface area contributed by atoms with Gasteiger partial charge in [-0.15, -0.1) is 6.42 Å². The van der Waals surface area contributed by atoms with Gasteiger partial charge >= 0.3 is 0 Å². The molecule has 0 saturated heterocycles. The largest absolute Gasteiger partial charge is 0.271 e. The van der Waals surface area contributed by atoms with E-state index in [9.17, 15) is 0 Å². The van der Waals surface area contributed by atoms with E-state index in [4.69, 9.17) is 6.42 Å². The van der Waals surface area contributed by atoms with E-state index in [-0.39, 0.29) is 0 Å². The zero-order valence-electron chi connectivity index (χ0n) is 21.2. The van der Waals surface area contributed by atoms with E-state index in [1.54, 1.807) is 0 Å². The van der Waals surface area contributed by atoms with Crippen molar-refractivity contribution in [3.05, 3.63) is 18.0 Å². The second-order valence-electron chi connectivity index (χ2n) is 12.9. The van der Waals surface area contributed by atoms with Crippen LogP contribution in [-0.2, 0) is 6.54 Å².